The summed E-state index contributed by atoms with van der Waals surface area (Å²) in [5, 5.41) is 10.5. The van der Waals surface area contributed by atoms with Crippen LogP contribution in [-0.4, -0.2) is 9.91 Å². The van der Waals surface area contributed by atoms with E-state index >= 15 is 0 Å². The van der Waals surface area contributed by atoms with Crippen LogP contribution < -0.4 is 16.4 Å². The maximum atomic E-state index is 11.4. The van der Waals surface area contributed by atoms with Gasteiger partial charge in [0.15, 0.2) is 0 Å². The molecule has 2 rings (SSSR count). The van der Waals surface area contributed by atoms with Crippen molar-refractivity contribution in [3.05, 3.63) is 38.7 Å². The first-order chi connectivity index (χ1) is 7.61. The lowest BCUT2D eigenvalue weighted by Gasteiger charge is -1.98. The molecular formula is C8H5N3O5. The first-order valence-corrected chi connectivity index (χ1v) is 4.08. The van der Waals surface area contributed by atoms with Crippen molar-refractivity contribution in [2.45, 2.75) is 0 Å². The number of rotatable bonds is 2. The zero-order valence-electron chi connectivity index (χ0n) is 7.75. The van der Waals surface area contributed by atoms with Crippen LogP contribution in [0.1, 0.15) is 0 Å². The Morgan fingerprint density at radius 1 is 1.50 bits per heavy atom. The summed E-state index contributed by atoms with van der Waals surface area (Å²) < 4.78 is 4.54. The number of nitro benzene ring substituents is 1. The smallest absolute Gasteiger partial charge is 0.372 e. The van der Waals surface area contributed by atoms with E-state index in [0.29, 0.717) is 0 Å². The van der Waals surface area contributed by atoms with Gasteiger partial charge in [-0.2, -0.15) is 10.9 Å². The second kappa shape index (κ2) is 3.59. The largest absolute Gasteiger partial charge is 0.416 e. The fourth-order valence-corrected chi connectivity index (χ4v) is 1.20. The quantitative estimate of drug-likeness (QED) is 0.575. The summed E-state index contributed by atoms with van der Waals surface area (Å²) in [6.07, 6.45) is -0.397. The lowest BCUT2D eigenvalue weighted by Crippen LogP contribution is -2.09. The molecule has 0 spiro atoms. The van der Waals surface area contributed by atoms with E-state index in [1.807, 2.05) is 0 Å². The van der Waals surface area contributed by atoms with E-state index in [0.717, 1.165) is 6.07 Å². The summed E-state index contributed by atoms with van der Waals surface area (Å²) in [4.78, 5) is 29.1. The van der Waals surface area contributed by atoms with Gasteiger partial charge in [0.2, 0.25) is 0 Å². The predicted molar refractivity (Wildman–Crippen MR) is 51.7 cm³/mol. The second-order valence-electron chi connectivity index (χ2n) is 2.84. The number of hydrogen-bond donors (Lipinski definition) is 1. The van der Waals surface area contributed by atoms with Crippen molar-refractivity contribution in [1.82, 2.24) is 4.98 Å². The van der Waals surface area contributed by atoms with Crippen LogP contribution in [0.4, 0.5) is 5.69 Å². The van der Waals surface area contributed by atoms with Crippen LogP contribution in [0.2, 0.25) is 0 Å². The zero-order valence-corrected chi connectivity index (χ0v) is 7.75. The van der Waals surface area contributed by atoms with E-state index in [2.05, 4.69) is 14.2 Å². The van der Waals surface area contributed by atoms with E-state index in [1.54, 1.807) is 0 Å². The first kappa shape index (κ1) is 10.1. The van der Waals surface area contributed by atoms with E-state index < -0.39 is 16.6 Å². The van der Waals surface area contributed by atoms with E-state index in [-0.39, 0.29) is 16.6 Å². The zero-order chi connectivity index (χ0) is 11.7. The van der Waals surface area contributed by atoms with Crippen molar-refractivity contribution in [2.24, 2.45) is 5.90 Å². The second-order valence-corrected chi connectivity index (χ2v) is 2.84. The van der Waals surface area contributed by atoms with Crippen LogP contribution in [0.25, 0.3) is 10.9 Å². The maximum Gasteiger partial charge on any atom is 0.416 e. The predicted octanol–water partition coefficient (Wildman–Crippen LogP) is 0.349. The average Bonchev–Trinajstić information content (AvgIpc) is 2.28. The van der Waals surface area contributed by atoms with E-state index in [9.17, 15) is 14.9 Å². The van der Waals surface area contributed by atoms with Crippen molar-refractivity contribution < 1.29 is 14.2 Å². The van der Waals surface area contributed by atoms with Crippen LogP contribution in [0.15, 0.2) is 27.4 Å². The highest BCUT2D eigenvalue weighted by atomic mass is 16.7. The van der Waals surface area contributed by atoms with Crippen molar-refractivity contribution >= 4 is 16.6 Å². The molecule has 1 aromatic heterocycles. The van der Waals surface area contributed by atoms with Gasteiger partial charge in [-0.05, 0) is 6.07 Å². The van der Waals surface area contributed by atoms with Gasteiger partial charge >= 0.3 is 11.7 Å². The van der Waals surface area contributed by atoms with Gasteiger partial charge in [0.05, 0.1) is 15.8 Å². The van der Waals surface area contributed by atoms with Gasteiger partial charge in [-0.25, -0.2) is 4.79 Å². The van der Waals surface area contributed by atoms with Crippen LogP contribution >= 0.6 is 0 Å². The molecule has 0 aliphatic rings. The number of nitrogens with two attached hydrogens (primary N) is 1. The van der Waals surface area contributed by atoms with Gasteiger partial charge in [0, 0.05) is 12.1 Å². The molecule has 16 heavy (non-hydrogen) atoms. The number of aromatic nitrogens is 1. The Morgan fingerprint density at radius 3 is 2.88 bits per heavy atom. The third-order valence-corrected chi connectivity index (χ3v) is 1.90. The Balaban J connectivity index is 2.75. The Hall–Kier alpha value is -2.48. The van der Waals surface area contributed by atoms with Crippen LogP contribution in [0, 0.1) is 10.1 Å². The Bertz CT molecular complexity index is 621. The lowest BCUT2D eigenvalue weighted by molar-refractivity contribution is -0.384. The van der Waals surface area contributed by atoms with Crippen molar-refractivity contribution in [3.63, 3.8) is 0 Å². The minimum Gasteiger partial charge on any atom is -0.372 e. The molecule has 0 saturated carbocycles. The van der Waals surface area contributed by atoms with Crippen molar-refractivity contribution in [1.29, 1.82) is 0 Å². The molecule has 8 heteroatoms. The number of benzene rings is 1. The van der Waals surface area contributed by atoms with E-state index in [1.165, 1.54) is 12.1 Å². The molecule has 8 nitrogen and oxygen atoms in total. The molecule has 82 valence electrons. The molecule has 2 aromatic rings. The maximum absolute atomic E-state index is 11.4. The summed E-state index contributed by atoms with van der Waals surface area (Å²) in [6.45, 7) is 0. The Kier molecular flexibility index (Phi) is 2.25. The van der Waals surface area contributed by atoms with Crippen LogP contribution in [-0.2, 0) is 0 Å². The fourth-order valence-electron chi connectivity index (χ4n) is 1.20. The van der Waals surface area contributed by atoms with E-state index in [4.69, 9.17) is 5.90 Å². The third-order valence-electron chi connectivity index (χ3n) is 1.90. The highest BCUT2D eigenvalue weighted by Gasteiger charge is 2.12. The monoisotopic (exact) mass is 223 g/mol. The lowest BCUT2D eigenvalue weighted by atomic mass is 10.2. The topological polar surface area (TPSA) is 121 Å². The Morgan fingerprint density at radius 2 is 2.25 bits per heavy atom. The normalized spacial score (nSPS) is 10.3. The van der Waals surface area contributed by atoms with Crippen molar-refractivity contribution in [3.8, 4) is 6.08 Å². The van der Waals surface area contributed by atoms with Gasteiger partial charge < -0.3 is 9.25 Å². The summed E-state index contributed by atoms with van der Waals surface area (Å²) >= 11 is 0. The number of nitro groups is 1. The standard InChI is InChI=1S/C8H5N3O5/c9-16-8-10-6-2-1-4(11(13)14)3-5(6)7(12)15-8/h1-3H,9H2. The number of hydrogen-bond acceptors (Lipinski definition) is 7. The van der Waals surface area contributed by atoms with Gasteiger partial charge in [0.25, 0.3) is 5.69 Å². The molecule has 0 aliphatic carbocycles. The summed E-state index contributed by atoms with van der Waals surface area (Å²) in [5.74, 6) is 4.78. The molecule has 0 bridgehead atoms. The minimum absolute atomic E-state index is 0.00463. The molecule has 0 saturated heterocycles. The van der Waals surface area contributed by atoms with Gasteiger partial charge in [-0.3, -0.25) is 10.1 Å². The molecule has 0 radical (unpaired) electrons. The van der Waals surface area contributed by atoms with Gasteiger partial charge in [0.1, 0.15) is 0 Å². The molecule has 0 amide bonds. The van der Waals surface area contributed by atoms with Gasteiger partial charge in [-0.1, -0.05) is 0 Å². The highest BCUT2D eigenvalue weighted by molar-refractivity contribution is 5.79. The molecule has 0 fully saturated rings. The molecule has 0 aliphatic heterocycles. The SMILES string of the molecule is NOc1nc2ccc([N+](=O)[O-])cc2c(=O)o1. The molecule has 1 heterocycles. The van der Waals surface area contributed by atoms with Gasteiger partial charge in [-0.15, -0.1) is 0 Å². The minimum atomic E-state index is -0.797. The average molecular weight is 223 g/mol. The molecule has 2 N–H and O–H groups in total. The third kappa shape index (κ3) is 1.57. The molecule has 0 unspecified atom stereocenters. The number of nitrogens with zero attached hydrogens (tertiary/aromatic N) is 2. The first-order valence-electron chi connectivity index (χ1n) is 4.08. The highest BCUT2D eigenvalue weighted by Crippen LogP contribution is 2.18. The number of fused-ring (bicyclic) bond motifs is 1. The van der Waals surface area contributed by atoms with Crippen LogP contribution in [0.3, 0.4) is 0 Å². The molecular weight excluding hydrogens is 218 g/mol. The molecule has 1 aromatic carbocycles. The fraction of sp³-hybridized carbons (Fsp3) is 0. The van der Waals surface area contributed by atoms with Crippen LogP contribution in [0.5, 0.6) is 6.08 Å². The summed E-state index contributed by atoms with van der Waals surface area (Å²) in [6, 6.07) is 3.61. The summed E-state index contributed by atoms with van der Waals surface area (Å²) in [5.41, 5.74) is -0.806. The van der Waals surface area contributed by atoms with Crippen molar-refractivity contribution in [2.75, 3.05) is 0 Å². The number of non-ortho nitro benzene ring substituents is 1. The Labute approximate surface area is 87.4 Å². The summed E-state index contributed by atoms with van der Waals surface area (Å²) in [7, 11) is 0. The molecule has 0 atom stereocenters.